The molecule has 3 heteroatoms. The van der Waals surface area contributed by atoms with E-state index in [0.29, 0.717) is 0 Å². The zero-order chi connectivity index (χ0) is 11.7. The van der Waals surface area contributed by atoms with Crippen molar-refractivity contribution in [2.24, 2.45) is 4.99 Å². The highest BCUT2D eigenvalue weighted by molar-refractivity contribution is 6.20. The van der Waals surface area contributed by atoms with Crippen LogP contribution >= 0.6 is 0 Å². The van der Waals surface area contributed by atoms with Crippen LogP contribution in [-0.2, 0) is 0 Å². The lowest BCUT2D eigenvalue weighted by Crippen LogP contribution is -1.84. The molecule has 2 heterocycles. The van der Waals surface area contributed by atoms with Crippen LogP contribution in [0.3, 0.4) is 0 Å². The summed E-state index contributed by atoms with van der Waals surface area (Å²) in [6.07, 6.45) is 5.67. The molecule has 0 spiro atoms. The number of nitrogens with zero attached hydrogens (tertiary/aromatic N) is 2. The Labute approximate surface area is 99.3 Å². The van der Waals surface area contributed by atoms with Crippen molar-refractivity contribution in [3.05, 3.63) is 53.7 Å². The summed E-state index contributed by atoms with van der Waals surface area (Å²) in [5, 5.41) is 0. The minimum absolute atomic E-state index is 0.773. The molecule has 3 rings (SSSR count). The molecule has 0 atom stereocenters. The molecule has 82 valence electrons. The number of hydrogen-bond acceptors (Lipinski definition) is 3. The number of rotatable bonds is 1. The predicted octanol–water partition coefficient (Wildman–Crippen LogP) is 2.92. The summed E-state index contributed by atoms with van der Waals surface area (Å²) >= 11 is 0. The molecule has 0 fully saturated rings. The van der Waals surface area contributed by atoms with Crippen LogP contribution in [0.2, 0.25) is 0 Å². The topological polar surface area (TPSA) is 51.3 Å². The van der Waals surface area contributed by atoms with Gasteiger partial charge in [0.05, 0.1) is 0 Å². The second-order valence-corrected chi connectivity index (χ2v) is 3.90. The number of hydrogen-bond donors (Lipinski definition) is 1. The van der Waals surface area contributed by atoms with E-state index < -0.39 is 0 Å². The third kappa shape index (κ3) is 1.83. The highest BCUT2D eigenvalue weighted by Crippen LogP contribution is 2.30. The number of aliphatic imine (C=N–C) groups is 1. The molecule has 0 saturated heterocycles. The van der Waals surface area contributed by atoms with Gasteiger partial charge in [0.1, 0.15) is 0 Å². The van der Waals surface area contributed by atoms with E-state index in [4.69, 9.17) is 5.73 Å². The Bertz CT molecular complexity index is 610. The lowest BCUT2D eigenvalue weighted by atomic mass is 10.1. The Morgan fingerprint density at radius 3 is 2.71 bits per heavy atom. The third-order valence-electron chi connectivity index (χ3n) is 2.68. The van der Waals surface area contributed by atoms with Crippen LogP contribution in [-0.4, -0.2) is 11.2 Å². The first-order chi connectivity index (χ1) is 8.33. The summed E-state index contributed by atoms with van der Waals surface area (Å²) in [6.45, 7) is 0. The van der Waals surface area contributed by atoms with Crippen LogP contribution in [0.1, 0.15) is 11.1 Å². The summed E-state index contributed by atoms with van der Waals surface area (Å²) in [5.41, 5.74) is 9.69. The molecule has 3 nitrogen and oxygen atoms in total. The Hall–Kier alpha value is -2.42. The van der Waals surface area contributed by atoms with Crippen molar-refractivity contribution in [2.45, 2.75) is 0 Å². The fraction of sp³-hybridized carbons (Fsp3) is 0. The number of aromatic nitrogens is 1. The van der Waals surface area contributed by atoms with Gasteiger partial charge in [0.15, 0.2) is 5.82 Å². The Balaban J connectivity index is 2.02. The molecule has 1 aromatic heterocycles. The van der Waals surface area contributed by atoms with E-state index >= 15 is 0 Å². The van der Waals surface area contributed by atoms with Gasteiger partial charge in [-0.2, -0.15) is 0 Å². The lowest BCUT2D eigenvalue weighted by Gasteiger charge is -1.99. The molecule has 2 N–H and O–H groups in total. The number of allylic oxidation sites excluding steroid dienone is 1. The van der Waals surface area contributed by atoms with Crippen LogP contribution in [0.25, 0.3) is 11.6 Å². The number of anilines is 1. The fourth-order valence-corrected chi connectivity index (χ4v) is 1.81. The first kappa shape index (κ1) is 9.78. The van der Waals surface area contributed by atoms with Gasteiger partial charge in [-0.05, 0) is 35.9 Å². The molecular weight excluding hydrogens is 210 g/mol. The molecule has 0 radical (unpaired) electrons. The van der Waals surface area contributed by atoms with Crippen LogP contribution in [0.4, 0.5) is 11.5 Å². The smallest absolute Gasteiger partial charge is 0.159 e. The Morgan fingerprint density at radius 2 is 1.88 bits per heavy atom. The van der Waals surface area contributed by atoms with Gasteiger partial charge in [-0.1, -0.05) is 12.1 Å². The van der Waals surface area contributed by atoms with E-state index in [1.807, 2.05) is 42.6 Å². The van der Waals surface area contributed by atoms with Crippen molar-refractivity contribution in [1.82, 2.24) is 4.98 Å². The van der Waals surface area contributed by atoms with Gasteiger partial charge in [0, 0.05) is 29.2 Å². The van der Waals surface area contributed by atoms with Crippen molar-refractivity contribution in [1.29, 1.82) is 0 Å². The Kier molecular flexibility index (Phi) is 2.22. The largest absolute Gasteiger partial charge is 0.399 e. The van der Waals surface area contributed by atoms with E-state index in [2.05, 4.69) is 16.1 Å². The zero-order valence-electron chi connectivity index (χ0n) is 9.17. The molecular formula is C14H11N3. The number of nitrogens with two attached hydrogens (primary N) is 1. The van der Waals surface area contributed by atoms with Gasteiger partial charge >= 0.3 is 0 Å². The first-order valence-electron chi connectivity index (χ1n) is 5.40. The van der Waals surface area contributed by atoms with Gasteiger partial charge in [0.25, 0.3) is 0 Å². The maximum Gasteiger partial charge on any atom is 0.159 e. The van der Waals surface area contributed by atoms with Gasteiger partial charge in [0.2, 0.25) is 0 Å². The summed E-state index contributed by atoms with van der Waals surface area (Å²) < 4.78 is 0. The molecule has 0 bridgehead atoms. The van der Waals surface area contributed by atoms with Crippen LogP contribution < -0.4 is 5.73 Å². The summed E-state index contributed by atoms with van der Waals surface area (Å²) in [7, 11) is 0. The average Bonchev–Trinajstić information content (AvgIpc) is 2.76. The third-order valence-corrected chi connectivity index (χ3v) is 2.68. The van der Waals surface area contributed by atoms with Crippen LogP contribution in [0.15, 0.2) is 47.6 Å². The lowest BCUT2D eigenvalue weighted by molar-refractivity contribution is 1.28. The number of fused-ring (bicyclic) bond motifs is 1. The highest BCUT2D eigenvalue weighted by atomic mass is 14.9. The second-order valence-electron chi connectivity index (χ2n) is 3.90. The van der Waals surface area contributed by atoms with Gasteiger partial charge in [-0.15, -0.1) is 0 Å². The number of benzene rings is 1. The normalized spacial score (nSPS) is 15.2. The molecule has 17 heavy (non-hydrogen) atoms. The van der Waals surface area contributed by atoms with Crippen molar-refractivity contribution in [2.75, 3.05) is 5.73 Å². The summed E-state index contributed by atoms with van der Waals surface area (Å²) in [6, 6.07) is 11.7. The molecule has 1 aliphatic heterocycles. The molecule has 1 aromatic carbocycles. The number of nitrogen functional groups attached to an aromatic ring is 1. The van der Waals surface area contributed by atoms with E-state index in [9.17, 15) is 0 Å². The van der Waals surface area contributed by atoms with E-state index in [1.54, 1.807) is 6.20 Å². The van der Waals surface area contributed by atoms with Crippen molar-refractivity contribution in [3.8, 4) is 0 Å². The fourth-order valence-electron chi connectivity index (χ4n) is 1.81. The Morgan fingerprint density at radius 1 is 1.06 bits per heavy atom. The first-order valence-corrected chi connectivity index (χ1v) is 5.40. The van der Waals surface area contributed by atoms with Crippen molar-refractivity contribution < 1.29 is 0 Å². The predicted molar refractivity (Wildman–Crippen MR) is 71.1 cm³/mol. The van der Waals surface area contributed by atoms with E-state index in [0.717, 1.165) is 28.2 Å². The van der Waals surface area contributed by atoms with E-state index in [1.165, 1.54) is 0 Å². The van der Waals surface area contributed by atoms with Crippen LogP contribution in [0, 0.1) is 0 Å². The highest BCUT2D eigenvalue weighted by Gasteiger charge is 2.11. The zero-order valence-corrected chi connectivity index (χ0v) is 9.17. The molecule has 0 unspecified atom stereocenters. The maximum atomic E-state index is 5.65. The summed E-state index contributed by atoms with van der Waals surface area (Å²) in [5.74, 6) is 0.786. The number of pyridine rings is 1. The SMILES string of the molecule is Nc1ccc(/C=C2\C=Nc3ncccc32)cc1. The minimum atomic E-state index is 0.773. The summed E-state index contributed by atoms with van der Waals surface area (Å²) in [4.78, 5) is 8.47. The quantitative estimate of drug-likeness (QED) is 0.753. The van der Waals surface area contributed by atoms with Gasteiger partial charge < -0.3 is 5.73 Å². The van der Waals surface area contributed by atoms with Crippen molar-refractivity contribution >= 4 is 29.4 Å². The molecule has 0 saturated carbocycles. The van der Waals surface area contributed by atoms with Gasteiger partial charge in [-0.25, -0.2) is 9.98 Å². The molecule has 1 aliphatic rings. The van der Waals surface area contributed by atoms with Crippen molar-refractivity contribution in [3.63, 3.8) is 0 Å². The molecule has 2 aromatic rings. The van der Waals surface area contributed by atoms with Gasteiger partial charge in [-0.3, -0.25) is 0 Å². The maximum absolute atomic E-state index is 5.65. The molecule has 0 aliphatic carbocycles. The van der Waals surface area contributed by atoms with E-state index in [-0.39, 0.29) is 0 Å². The minimum Gasteiger partial charge on any atom is -0.399 e. The van der Waals surface area contributed by atoms with Crippen LogP contribution in [0.5, 0.6) is 0 Å². The monoisotopic (exact) mass is 221 g/mol. The average molecular weight is 221 g/mol. The molecule has 0 amide bonds. The standard InChI is InChI=1S/C14H11N3/c15-12-5-3-10(4-6-12)8-11-9-17-14-13(11)2-1-7-16-14/h1-9H,15H2/b11-8+. The second kappa shape index (κ2) is 3.87.